The summed E-state index contributed by atoms with van der Waals surface area (Å²) < 4.78 is 5.61. The van der Waals surface area contributed by atoms with Crippen LogP contribution in [0.2, 0.25) is 0 Å². The Morgan fingerprint density at radius 3 is 2.53 bits per heavy atom. The molecule has 0 bridgehead atoms. The monoisotopic (exact) mass is 531 g/mol. The summed E-state index contributed by atoms with van der Waals surface area (Å²) in [6.07, 6.45) is 3.83. The van der Waals surface area contributed by atoms with Crippen LogP contribution < -0.4 is 20.7 Å². The Bertz CT molecular complexity index is 650. The van der Waals surface area contributed by atoms with Crippen molar-refractivity contribution in [3.63, 3.8) is 0 Å². The van der Waals surface area contributed by atoms with Gasteiger partial charge in [0.2, 0.25) is 5.91 Å². The number of halogens is 1. The molecule has 1 atom stereocenters. The van der Waals surface area contributed by atoms with E-state index < -0.39 is 0 Å². The molecule has 0 spiro atoms. The normalized spacial score (nSPS) is 15.2. The van der Waals surface area contributed by atoms with Crippen molar-refractivity contribution in [1.82, 2.24) is 20.9 Å². The van der Waals surface area contributed by atoms with E-state index in [0.29, 0.717) is 19.5 Å². The minimum absolute atomic E-state index is 0. The molecule has 1 saturated heterocycles. The number of methoxy groups -OCH3 is 1. The van der Waals surface area contributed by atoms with E-state index in [-0.39, 0.29) is 35.9 Å². The Morgan fingerprint density at radius 2 is 1.87 bits per heavy atom. The van der Waals surface area contributed by atoms with E-state index in [1.807, 2.05) is 26.0 Å². The van der Waals surface area contributed by atoms with Crippen LogP contribution >= 0.6 is 24.0 Å². The predicted molar refractivity (Wildman–Crippen MR) is 134 cm³/mol. The molecule has 1 fully saturated rings. The van der Waals surface area contributed by atoms with Gasteiger partial charge in [0, 0.05) is 31.6 Å². The lowest BCUT2D eigenvalue weighted by Crippen LogP contribution is -2.40. The second kappa shape index (κ2) is 15.3. The van der Waals surface area contributed by atoms with E-state index in [0.717, 1.165) is 44.3 Å². The van der Waals surface area contributed by atoms with Crippen LogP contribution in [0.3, 0.4) is 0 Å². The van der Waals surface area contributed by atoms with Crippen LogP contribution in [0.4, 0.5) is 0 Å². The van der Waals surface area contributed by atoms with E-state index >= 15 is 0 Å². The van der Waals surface area contributed by atoms with Crippen LogP contribution in [0, 0.1) is 0 Å². The molecule has 1 aromatic rings. The third-order valence-corrected chi connectivity index (χ3v) is 5.06. The second-order valence-corrected chi connectivity index (χ2v) is 7.25. The van der Waals surface area contributed by atoms with Crippen LogP contribution in [0.1, 0.15) is 51.1 Å². The molecule has 0 radical (unpaired) electrons. The van der Waals surface area contributed by atoms with E-state index in [2.05, 4.69) is 33.0 Å². The zero-order chi connectivity index (χ0) is 20.9. The summed E-state index contributed by atoms with van der Waals surface area (Å²) in [5.41, 5.74) is 1.18. The molecule has 1 unspecified atom stereocenters. The SMILES string of the molecule is CCCNC(=O)CCNC(=NCC(c1ccccc1OC)N1CCCC1)NCC.I. The van der Waals surface area contributed by atoms with Gasteiger partial charge in [0.1, 0.15) is 5.75 Å². The summed E-state index contributed by atoms with van der Waals surface area (Å²) in [5.74, 6) is 1.72. The Balaban J connectivity index is 0.00000450. The average molecular weight is 531 g/mol. The van der Waals surface area contributed by atoms with Crippen LogP contribution in [0.25, 0.3) is 0 Å². The van der Waals surface area contributed by atoms with Gasteiger partial charge in [-0.15, -0.1) is 24.0 Å². The first-order valence-electron chi connectivity index (χ1n) is 10.8. The highest BCUT2D eigenvalue weighted by Gasteiger charge is 2.25. The van der Waals surface area contributed by atoms with Gasteiger partial charge in [0.25, 0.3) is 0 Å². The molecule has 30 heavy (non-hydrogen) atoms. The minimum atomic E-state index is 0. The number of hydrogen-bond donors (Lipinski definition) is 3. The second-order valence-electron chi connectivity index (χ2n) is 7.25. The Hall–Kier alpha value is -1.55. The van der Waals surface area contributed by atoms with Gasteiger partial charge in [0.05, 0.1) is 19.7 Å². The molecule has 0 aliphatic carbocycles. The topological polar surface area (TPSA) is 78.0 Å². The molecule has 7 nitrogen and oxygen atoms in total. The number of para-hydroxylation sites is 1. The Kier molecular flexibility index (Phi) is 13.5. The molecule has 1 aliphatic heterocycles. The quantitative estimate of drug-likeness (QED) is 0.233. The standard InChI is InChI=1S/C22H37N5O2.HI/c1-4-13-24-21(28)12-14-25-22(23-5-2)26-17-19(27-15-8-9-16-27)18-10-6-7-11-20(18)29-3;/h6-7,10-11,19H,4-5,8-9,12-17H2,1-3H3,(H,24,28)(H2,23,25,26);1H. The molecule has 2 rings (SSSR count). The fourth-order valence-corrected chi connectivity index (χ4v) is 3.57. The molecule has 1 amide bonds. The molecule has 1 aromatic carbocycles. The number of carbonyl (C=O) groups excluding carboxylic acids is 1. The van der Waals surface area contributed by atoms with Crippen LogP contribution in [-0.4, -0.2) is 63.1 Å². The first kappa shape index (κ1) is 26.5. The van der Waals surface area contributed by atoms with Gasteiger partial charge in [-0.2, -0.15) is 0 Å². The molecule has 8 heteroatoms. The van der Waals surface area contributed by atoms with E-state index in [1.54, 1.807) is 7.11 Å². The summed E-state index contributed by atoms with van der Waals surface area (Å²) in [5, 5.41) is 9.47. The number of guanidine groups is 1. The zero-order valence-electron chi connectivity index (χ0n) is 18.6. The van der Waals surface area contributed by atoms with Crippen molar-refractivity contribution in [1.29, 1.82) is 0 Å². The van der Waals surface area contributed by atoms with Gasteiger partial charge < -0.3 is 20.7 Å². The summed E-state index contributed by atoms with van der Waals surface area (Å²) in [7, 11) is 1.72. The van der Waals surface area contributed by atoms with Crippen LogP contribution in [0.5, 0.6) is 5.75 Å². The number of ether oxygens (including phenoxy) is 1. The number of aliphatic imine (C=N–C) groups is 1. The number of likely N-dealkylation sites (tertiary alicyclic amines) is 1. The van der Waals surface area contributed by atoms with Gasteiger partial charge in [0.15, 0.2) is 5.96 Å². The molecule has 0 aromatic heterocycles. The Labute approximate surface area is 198 Å². The van der Waals surface area contributed by atoms with Crippen molar-refractivity contribution in [2.45, 2.75) is 45.6 Å². The molecule has 3 N–H and O–H groups in total. The lowest BCUT2D eigenvalue weighted by atomic mass is 10.0. The summed E-state index contributed by atoms with van der Waals surface area (Å²) >= 11 is 0. The fraction of sp³-hybridized carbons (Fsp3) is 0.636. The minimum Gasteiger partial charge on any atom is -0.496 e. The van der Waals surface area contributed by atoms with Crippen molar-refractivity contribution >= 4 is 35.8 Å². The first-order chi connectivity index (χ1) is 14.2. The zero-order valence-corrected chi connectivity index (χ0v) is 20.9. The fourth-order valence-electron chi connectivity index (χ4n) is 3.57. The maximum absolute atomic E-state index is 11.8. The van der Waals surface area contributed by atoms with Crippen molar-refractivity contribution in [2.24, 2.45) is 4.99 Å². The maximum Gasteiger partial charge on any atom is 0.221 e. The van der Waals surface area contributed by atoms with E-state index in [9.17, 15) is 4.79 Å². The number of hydrogen-bond acceptors (Lipinski definition) is 4. The lowest BCUT2D eigenvalue weighted by molar-refractivity contribution is -0.120. The van der Waals surface area contributed by atoms with Gasteiger partial charge in [-0.05, 0) is 45.3 Å². The van der Waals surface area contributed by atoms with Gasteiger partial charge in [-0.3, -0.25) is 14.7 Å². The van der Waals surface area contributed by atoms with Gasteiger partial charge in [-0.25, -0.2) is 0 Å². The molecule has 0 saturated carbocycles. The highest BCUT2D eigenvalue weighted by Crippen LogP contribution is 2.31. The van der Waals surface area contributed by atoms with Crippen molar-refractivity contribution in [3.8, 4) is 5.75 Å². The number of nitrogens with one attached hydrogen (secondary N) is 3. The summed E-state index contributed by atoms with van der Waals surface area (Å²) in [6.45, 7) is 8.96. The molecule has 170 valence electrons. The molecule has 1 aliphatic rings. The number of amides is 1. The number of nitrogens with zero attached hydrogens (tertiary/aromatic N) is 2. The van der Waals surface area contributed by atoms with Crippen molar-refractivity contribution < 1.29 is 9.53 Å². The first-order valence-corrected chi connectivity index (χ1v) is 10.8. The van der Waals surface area contributed by atoms with Crippen LogP contribution in [0.15, 0.2) is 29.3 Å². The molecule has 1 heterocycles. The molecular formula is C22H38IN5O2. The molecular weight excluding hydrogens is 493 g/mol. The predicted octanol–water partition coefficient (Wildman–Crippen LogP) is 2.92. The highest BCUT2D eigenvalue weighted by atomic mass is 127. The smallest absolute Gasteiger partial charge is 0.221 e. The Morgan fingerprint density at radius 1 is 1.13 bits per heavy atom. The number of benzene rings is 1. The van der Waals surface area contributed by atoms with E-state index in [1.165, 1.54) is 18.4 Å². The highest BCUT2D eigenvalue weighted by molar-refractivity contribution is 14.0. The third kappa shape index (κ3) is 8.67. The van der Waals surface area contributed by atoms with Crippen molar-refractivity contribution in [2.75, 3.05) is 46.4 Å². The van der Waals surface area contributed by atoms with Crippen LogP contribution in [-0.2, 0) is 4.79 Å². The lowest BCUT2D eigenvalue weighted by Gasteiger charge is -2.28. The number of carbonyl (C=O) groups is 1. The average Bonchev–Trinajstić information content (AvgIpc) is 3.27. The van der Waals surface area contributed by atoms with Gasteiger partial charge in [-0.1, -0.05) is 25.1 Å². The maximum atomic E-state index is 11.8. The van der Waals surface area contributed by atoms with E-state index in [4.69, 9.17) is 9.73 Å². The van der Waals surface area contributed by atoms with Crippen molar-refractivity contribution in [3.05, 3.63) is 29.8 Å². The summed E-state index contributed by atoms with van der Waals surface area (Å²) in [4.78, 5) is 19.1. The summed E-state index contributed by atoms with van der Waals surface area (Å²) in [6, 6.07) is 8.39. The van der Waals surface area contributed by atoms with Gasteiger partial charge >= 0.3 is 0 Å². The third-order valence-electron chi connectivity index (χ3n) is 5.06. The largest absolute Gasteiger partial charge is 0.496 e. The number of rotatable bonds is 11.